The smallest absolute Gasteiger partial charge is 0.241 e. The molecule has 0 saturated heterocycles. The van der Waals surface area contributed by atoms with Gasteiger partial charge in [-0.15, -0.1) is 0 Å². The molecule has 0 unspecified atom stereocenters. The number of nitrogens with two attached hydrogens (primary N) is 1. The van der Waals surface area contributed by atoms with Gasteiger partial charge in [0.2, 0.25) is 5.91 Å². The Morgan fingerprint density at radius 2 is 1.67 bits per heavy atom. The molecule has 0 aliphatic carbocycles. The lowest BCUT2D eigenvalue weighted by Gasteiger charge is -2.12. The predicted octanol–water partition coefficient (Wildman–Crippen LogP) is 2.64. The molecule has 0 fully saturated rings. The number of hydrogen-bond acceptors (Lipinski definition) is 2. The van der Waals surface area contributed by atoms with Gasteiger partial charge in [0.05, 0.1) is 6.04 Å². The van der Waals surface area contributed by atoms with Gasteiger partial charge >= 0.3 is 0 Å². The number of nitrogens with one attached hydrogen (secondary N) is 1. The van der Waals surface area contributed by atoms with Crippen molar-refractivity contribution in [3.63, 3.8) is 0 Å². The van der Waals surface area contributed by atoms with E-state index < -0.39 is 6.04 Å². The predicted molar refractivity (Wildman–Crippen MR) is 74.2 cm³/mol. The minimum atomic E-state index is -0.520. The van der Waals surface area contributed by atoms with Crippen LogP contribution in [-0.2, 0) is 4.79 Å². The summed E-state index contributed by atoms with van der Waals surface area (Å²) in [4.78, 5) is 11.7. The van der Waals surface area contributed by atoms with Crippen molar-refractivity contribution in [1.82, 2.24) is 0 Å². The quantitative estimate of drug-likeness (QED) is 0.866. The first-order chi connectivity index (χ1) is 8.68. The second-order valence-corrected chi connectivity index (χ2v) is 4.19. The normalized spacial score (nSPS) is 11.9. The molecule has 2 rings (SSSR count). The average Bonchev–Trinajstić information content (AvgIpc) is 2.40. The van der Waals surface area contributed by atoms with Crippen LogP contribution in [0.3, 0.4) is 0 Å². The van der Waals surface area contributed by atoms with Crippen LogP contribution in [0.2, 0.25) is 0 Å². The standard InChI is InChI=1S/C15H16N2O/c1-11(16)15(18)17-14-10-6-5-9-13(14)12-7-3-2-4-8-12/h2-11H,16H2,1H3,(H,17,18)/t11-/m0/s1. The Balaban J connectivity index is 2.35. The molecule has 0 saturated carbocycles. The molecule has 0 aliphatic rings. The van der Waals surface area contributed by atoms with Crippen LogP contribution in [0.1, 0.15) is 6.92 Å². The van der Waals surface area contributed by atoms with Crippen LogP contribution in [0.4, 0.5) is 5.69 Å². The van der Waals surface area contributed by atoms with Gasteiger partial charge in [0.15, 0.2) is 0 Å². The summed E-state index contributed by atoms with van der Waals surface area (Å²) in [6, 6.07) is 17.1. The van der Waals surface area contributed by atoms with Crippen LogP contribution in [-0.4, -0.2) is 11.9 Å². The van der Waals surface area contributed by atoms with E-state index in [2.05, 4.69) is 5.32 Å². The molecule has 18 heavy (non-hydrogen) atoms. The average molecular weight is 240 g/mol. The summed E-state index contributed by atoms with van der Waals surface area (Å²) in [5, 5.41) is 2.84. The fourth-order valence-electron chi connectivity index (χ4n) is 1.71. The maximum atomic E-state index is 11.7. The highest BCUT2D eigenvalue weighted by molar-refractivity contribution is 5.98. The van der Waals surface area contributed by atoms with Gasteiger partial charge in [0.1, 0.15) is 0 Å². The van der Waals surface area contributed by atoms with Crippen molar-refractivity contribution in [1.29, 1.82) is 0 Å². The van der Waals surface area contributed by atoms with Crippen molar-refractivity contribution >= 4 is 11.6 Å². The van der Waals surface area contributed by atoms with E-state index in [0.717, 1.165) is 16.8 Å². The fraction of sp³-hybridized carbons (Fsp3) is 0.133. The zero-order valence-electron chi connectivity index (χ0n) is 10.3. The number of rotatable bonds is 3. The number of anilines is 1. The van der Waals surface area contributed by atoms with E-state index in [1.165, 1.54) is 0 Å². The summed E-state index contributed by atoms with van der Waals surface area (Å²) in [6.07, 6.45) is 0. The number of carbonyl (C=O) groups is 1. The highest BCUT2D eigenvalue weighted by atomic mass is 16.2. The van der Waals surface area contributed by atoms with Crippen LogP contribution in [0.15, 0.2) is 54.6 Å². The molecule has 0 aliphatic heterocycles. The molecule has 0 aromatic heterocycles. The zero-order valence-corrected chi connectivity index (χ0v) is 10.3. The molecule has 0 spiro atoms. The molecule has 0 radical (unpaired) electrons. The van der Waals surface area contributed by atoms with Crippen LogP contribution < -0.4 is 11.1 Å². The molecule has 1 amide bonds. The first-order valence-electron chi connectivity index (χ1n) is 5.89. The van der Waals surface area contributed by atoms with Gasteiger partial charge in [-0.3, -0.25) is 4.79 Å². The highest BCUT2D eigenvalue weighted by Gasteiger charge is 2.10. The summed E-state index contributed by atoms with van der Waals surface area (Å²) in [7, 11) is 0. The van der Waals surface area contributed by atoms with E-state index in [1.807, 2.05) is 54.6 Å². The molecule has 0 heterocycles. The molecular weight excluding hydrogens is 224 g/mol. The van der Waals surface area contributed by atoms with Crippen LogP contribution >= 0.6 is 0 Å². The summed E-state index contributed by atoms with van der Waals surface area (Å²) in [5.41, 5.74) is 8.40. The second kappa shape index (κ2) is 5.47. The van der Waals surface area contributed by atoms with E-state index in [4.69, 9.17) is 5.73 Å². The van der Waals surface area contributed by atoms with Crippen LogP contribution in [0.5, 0.6) is 0 Å². The Labute approximate surface area is 107 Å². The number of benzene rings is 2. The van der Waals surface area contributed by atoms with Crippen LogP contribution in [0, 0.1) is 0 Å². The van der Waals surface area contributed by atoms with Crippen molar-refractivity contribution in [2.24, 2.45) is 5.73 Å². The SMILES string of the molecule is C[C@H](N)C(=O)Nc1ccccc1-c1ccccc1. The van der Waals surface area contributed by atoms with Gasteiger partial charge in [-0.25, -0.2) is 0 Å². The van der Waals surface area contributed by atoms with E-state index in [1.54, 1.807) is 6.92 Å². The first-order valence-corrected chi connectivity index (χ1v) is 5.89. The van der Waals surface area contributed by atoms with Crippen LogP contribution in [0.25, 0.3) is 11.1 Å². The van der Waals surface area contributed by atoms with E-state index in [0.29, 0.717) is 0 Å². The summed E-state index contributed by atoms with van der Waals surface area (Å²) < 4.78 is 0. The molecule has 0 bridgehead atoms. The molecule has 3 heteroatoms. The number of para-hydroxylation sites is 1. The van der Waals surface area contributed by atoms with Crippen molar-refractivity contribution in [3.05, 3.63) is 54.6 Å². The van der Waals surface area contributed by atoms with E-state index in [-0.39, 0.29) is 5.91 Å². The maximum Gasteiger partial charge on any atom is 0.241 e. The van der Waals surface area contributed by atoms with Gasteiger partial charge < -0.3 is 11.1 Å². The van der Waals surface area contributed by atoms with Gasteiger partial charge in [-0.1, -0.05) is 48.5 Å². The summed E-state index contributed by atoms with van der Waals surface area (Å²) in [6.45, 7) is 1.67. The van der Waals surface area contributed by atoms with E-state index in [9.17, 15) is 4.79 Å². The molecule has 3 N–H and O–H groups in total. The third-order valence-electron chi connectivity index (χ3n) is 2.68. The number of hydrogen-bond donors (Lipinski definition) is 2. The molecule has 92 valence electrons. The second-order valence-electron chi connectivity index (χ2n) is 4.19. The first kappa shape index (κ1) is 12.3. The van der Waals surface area contributed by atoms with Gasteiger partial charge in [0, 0.05) is 11.3 Å². The monoisotopic (exact) mass is 240 g/mol. The molecule has 2 aromatic rings. The minimum Gasteiger partial charge on any atom is -0.324 e. The zero-order chi connectivity index (χ0) is 13.0. The third-order valence-corrected chi connectivity index (χ3v) is 2.68. The van der Waals surface area contributed by atoms with Gasteiger partial charge in [-0.2, -0.15) is 0 Å². The topological polar surface area (TPSA) is 55.1 Å². The molecule has 2 aromatic carbocycles. The molecule has 1 atom stereocenters. The molecule has 3 nitrogen and oxygen atoms in total. The van der Waals surface area contributed by atoms with Gasteiger partial charge in [0.25, 0.3) is 0 Å². The Hall–Kier alpha value is -2.13. The minimum absolute atomic E-state index is 0.182. The lowest BCUT2D eigenvalue weighted by atomic mass is 10.0. The number of amides is 1. The van der Waals surface area contributed by atoms with Crippen molar-refractivity contribution in [3.8, 4) is 11.1 Å². The third kappa shape index (κ3) is 2.76. The lowest BCUT2D eigenvalue weighted by Crippen LogP contribution is -2.32. The maximum absolute atomic E-state index is 11.7. The number of carbonyl (C=O) groups excluding carboxylic acids is 1. The fourth-order valence-corrected chi connectivity index (χ4v) is 1.71. The lowest BCUT2D eigenvalue weighted by molar-refractivity contribution is -0.117. The molecular formula is C15H16N2O. The van der Waals surface area contributed by atoms with Crippen molar-refractivity contribution in [2.45, 2.75) is 13.0 Å². The van der Waals surface area contributed by atoms with E-state index >= 15 is 0 Å². The largest absolute Gasteiger partial charge is 0.324 e. The summed E-state index contributed by atoms with van der Waals surface area (Å²) in [5.74, 6) is -0.182. The Kier molecular flexibility index (Phi) is 3.75. The van der Waals surface area contributed by atoms with Gasteiger partial charge in [-0.05, 0) is 18.6 Å². The Morgan fingerprint density at radius 1 is 1.06 bits per heavy atom. The summed E-state index contributed by atoms with van der Waals surface area (Å²) >= 11 is 0. The van der Waals surface area contributed by atoms with Crippen molar-refractivity contribution in [2.75, 3.05) is 5.32 Å². The highest BCUT2D eigenvalue weighted by Crippen LogP contribution is 2.27. The Bertz CT molecular complexity index is 535. The Morgan fingerprint density at radius 3 is 2.33 bits per heavy atom. The van der Waals surface area contributed by atoms with Crippen molar-refractivity contribution < 1.29 is 4.79 Å².